The summed E-state index contributed by atoms with van der Waals surface area (Å²) in [6, 6.07) is 15.1. The van der Waals surface area contributed by atoms with Gasteiger partial charge in [-0.1, -0.05) is 30.3 Å². The minimum Gasteiger partial charge on any atom is -0.455 e. The second kappa shape index (κ2) is 7.88. The van der Waals surface area contributed by atoms with Gasteiger partial charge in [-0.3, -0.25) is 9.48 Å². The van der Waals surface area contributed by atoms with Crippen molar-refractivity contribution in [2.75, 3.05) is 6.26 Å². The maximum atomic E-state index is 12.5. The molecule has 1 aromatic carbocycles. The molecule has 0 aliphatic rings. The van der Waals surface area contributed by atoms with Gasteiger partial charge in [0.15, 0.2) is 5.76 Å². The Kier molecular flexibility index (Phi) is 5.38. The van der Waals surface area contributed by atoms with E-state index in [9.17, 15) is 4.79 Å². The van der Waals surface area contributed by atoms with Crippen LogP contribution in [-0.4, -0.2) is 21.9 Å². The smallest absolute Gasteiger partial charge is 0.287 e. The lowest BCUT2D eigenvalue weighted by molar-refractivity contribution is 0.0902. The highest BCUT2D eigenvalue weighted by Crippen LogP contribution is 2.18. The summed E-state index contributed by atoms with van der Waals surface area (Å²) in [4.78, 5) is 12.5. The molecule has 124 valence electrons. The van der Waals surface area contributed by atoms with E-state index in [2.05, 4.69) is 10.4 Å². The third-order valence-electron chi connectivity index (χ3n) is 3.61. The number of aromatic nitrogens is 2. The molecule has 0 spiro atoms. The number of hydrogen-bond acceptors (Lipinski definition) is 4. The van der Waals surface area contributed by atoms with Gasteiger partial charge in [-0.25, -0.2) is 0 Å². The van der Waals surface area contributed by atoms with Crippen LogP contribution in [0.2, 0.25) is 0 Å². The van der Waals surface area contributed by atoms with Crippen LogP contribution in [0.15, 0.2) is 65.3 Å². The van der Waals surface area contributed by atoms with E-state index in [4.69, 9.17) is 4.42 Å². The maximum absolute atomic E-state index is 12.5. The molecule has 5 nitrogen and oxygen atoms in total. The SMILES string of the molecule is CSCc1ccc(C(=O)NC(Cn2cccn2)c2ccccc2)o1. The topological polar surface area (TPSA) is 60.1 Å². The number of thioether (sulfide) groups is 1. The first-order valence-corrected chi connectivity index (χ1v) is 9.06. The minimum absolute atomic E-state index is 0.187. The van der Waals surface area contributed by atoms with Crippen molar-refractivity contribution in [3.05, 3.63) is 78.0 Å². The summed E-state index contributed by atoms with van der Waals surface area (Å²) in [6.07, 6.45) is 5.61. The zero-order chi connectivity index (χ0) is 16.8. The molecule has 0 bridgehead atoms. The molecule has 24 heavy (non-hydrogen) atoms. The van der Waals surface area contributed by atoms with Crippen LogP contribution in [0.4, 0.5) is 0 Å². The lowest BCUT2D eigenvalue weighted by Crippen LogP contribution is -2.31. The molecule has 3 rings (SSSR count). The highest BCUT2D eigenvalue weighted by Gasteiger charge is 2.19. The van der Waals surface area contributed by atoms with Crippen molar-refractivity contribution in [3.63, 3.8) is 0 Å². The van der Waals surface area contributed by atoms with Crippen LogP contribution in [0.25, 0.3) is 0 Å². The molecule has 2 aromatic heterocycles. The maximum Gasteiger partial charge on any atom is 0.287 e. The average Bonchev–Trinajstić information content (AvgIpc) is 3.27. The summed E-state index contributed by atoms with van der Waals surface area (Å²) in [5, 5.41) is 7.27. The number of carbonyl (C=O) groups excluding carboxylic acids is 1. The third-order valence-corrected chi connectivity index (χ3v) is 4.18. The molecule has 0 aliphatic heterocycles. The molecule has 0 aliphatic carbocycles. The second-order valence-corrected chi connectivity index (χ2v) is 6.23. The molecule has 1 unspecified atom stereocenters. The predicted octanol–water partition coefficient (Wildman–Crippen LogP) is 3.51. The van der Waals surface area contributed by atoms with E-state index >= 15 is 0 Å². The van der Waals surface area contributed by atoms with E-state index in [1.807, 2.05) is 54.9 Å². The first kappa shape index (κ1) is 16.4. The minimum atomic E-state index is -0.219. The first-order valence-electron chi connectivity index (χ1n) is 7.67. The zero-order valence-electron chi connectivity index (χ0n) is 13.4. The molecular formula is C18H19N3O2S. The number of hydrogen-bond donors (Lipinski definition) is 1. The molecule has 0 fully saturated rings. The molecule has 1 amide bonds. The van der Waals surface area contributed by atoms with E-state index in [0.717, 1.165) is 17.1 Å². The Bertz CT molecular complexity index is 769. The van der Waals surface area contributed by atoms with E-state index in [1.54, 1.807) is 28.7 Å². The molecule has 2 heterocycles. The second-order valence-electron chi connectivity index (χ2n) is 5.36. The third kappa shape index (κ3) is 4.08. The van der Waals surface area contributed by atoms with Crippen molar-refractivity contribution in [2.45, 2.75) is 18.3 Å². The number of rotatable bonds is 7. The predicted molar refractivity (Wildman–Crippen MR) is 94.8 cm³/mol. The van der Waals surface area contributed by atoms with Crippen molar-refractivity contribution < 1.29 is 9.21 Å². The molecule has 3 aromatic rings. The van der Waals surface area contributed by atoms with Gasteiger partial charge in [-0.15, -0.1) is 0 Å². The van der Waals surface area contributed by atoms with Crippen LogP contribution in [0.3, 0.4) is 0 Å². The molecule has 6 heteroatoms. The summed E-state index contributed by atoms with van der Waals surface area (Å²) < 4.78 is 7.41. The standard InChI is InChI=1S/C18H19N3O2S/c1-24-13-15-8-9-17(23-15)18(22)20-16(12-21-11-5-10-19-21)14-6-3-2-4-7-14/h2-11,16H,12-13H2,1H3,(H,20,22). The van der Waals surface area contributed by atoms with Gasteiger partial charge < -0.3 is 9.73 Å². The van der Waals surface area contributed by atoms with Crippen molar-refractivity contribution in [1.82, 2.24) is 15.1 Å². The summed E-state index contributed by atoms with van der Waals surface area (Å²) in [5.41, 5.74) is 1.03. The fourth-order valence-electron chi connectivity index (χ4n) is 2.46. The van der Waals surface area contributed by atoms with Crippen molar-refractivity contribution in [1.29, 1.82) is 0 Å². The monoisotopic (exact) mass is 341 g/mol. The van der Waals surface area contributed by atoms with Crippen LogP contribution >= 0.6 is 11.8 Å². The Balaban J connectivity index is 1.76. The lowest BCUT2D eigenvalue weighted by Gasteiger charge is -2.18. The number of nitrogens with zero attached hydrogens (tertiary/aromatic N) is 2. The Morgan fingerprint density at radius 1 is 1.25 bits per heavy atom. The highest BCUT2D eigenvalue weighted by atomic mass is 32.2. The van der Waals surface area contributed by atoms with E-state index in [-0.39, 0.29) is 11.9 Å². The van der Waals surface area contributed by atoms with Crippen LogP contribution in [0.1, 0.15) is 27.9 Å². The largest absolute Gasteiger partial charge is 0.455 e. The van der Waals surface area contributed by atoms with Gasteiger partial charge in [-0.05, 0) is 30.0 Å². The van der Waals surface area contributed by atoms with Crippen LogP contribution in [-0.2, 0) is 12.3 Å². The fourth-order valence-corrected chi connectivity index (χ4v) is 2.90. The Hall–Kier alpha value is -2.47. The molecule has 1 atom stereocenters. The van der Waals surface area contributed by atoms with E-state index in [0.29, 0.717) is 12.3 Å². The average molecular weight is 341 g/mol. The molecule has 0 saturated carbocycles. The number of furan rings is 1. The summed E-state index contributed by atoms with van der Waals surface area (Å²) >= 11 is 1.66. The zero-order valence-corrected chi connectivity index (χ0v) is 14.2. The molecule has 0 saturated heterocycles. The summed E-state index contributed by atoms with van der Waals surface area (Å²) in [7, 11) is 0. The van der Waals surface area contributed by atoms with Crippen LogP contribution < -0.4 is 5.32 Å². The van der Waals surface area contributed by atoms with Crippen LogP contribution in [0.5, 0.6) is 0 Å². The fraction of sp³-hybridized carbons (Fsp3) is 0.222. The molecule has 0 radical (unpaired) electrons. The Labute approximate surface area is 145 Å². The quantitative estimate of drug-likeness (QED) is 0.714. The lowest BCUT2D eigenvalue weighted by atomic mass is 10.1. The van der Waals surface area contributed by atoms with E-state index < -0.39 is 0 Å². The van der Waals surface area contributed by atoms with Crippen molar-refractivity contribution in [3.8, 4) is 0 Å². The summed E-state index contributed by atoms with van der Waals surface area (Å²) in [5.74, 6) is 1.67. The number of nitrogens with one attached hydrogen (secondary N) is 1. The number of benzene rings is 1. The van der Waals surface area contributed by atoms with Gasteiger partial charge in [0.05, 0.1) is 18.3 Å². The summed E-state index contributed by atoms with van der Waals surface area (Å²) in [6.45, 7) is 0.557. The van der Waals surface area contributed by atoms with Crippen molar-refractivity contribution in [2.24, 2.45) is 0 Å². The van der Waals surface area contributed by atoms with E-state index in [1.165, 1.54) is 0 Å². The van der Waals surface area contributed by atoms with Gasteiger partial charge in [0.2, 0.25) is 0 Å². The van der Waals surface area contributed by atoms with Gasteiger partial charge in [0, 0.05) is 12.4 Å². The molecular weight excluding hydrogens is 322 g/mol. The first-order chi connectivity index (χ1) is 11.8. The normalized spacial score (nSPS) is 12.0. The number of carbonyl (C=O) groups is 1. The van der Waals surface area contributed by atoms with Gasteiger partial charge >= 0.3 is 0 Å². The van der Waals surface area contributed by atoms with Crippen molar-refractivity contribution >= 4 is 17.7 Å². The highest BCUT2D eigenvalue weighted by molar-refractivity contribution is 7.97. The molecule has 1 N–H and O–H groups in total. The van der Waals surface area contributed by atoms with Gasteiger partial charge in [0.1, 0.15) is 5.76 Å². The van der Waals surface area contributed by atoms with Gasteiger partial charge in [0.25, 0.3) is 5.91 Å². The number of amides is 1. The van der Waals surface area contributed by atoms with Crippen LogP contribution in [0, 0.1) is 0 Å². The Morgan fingerprint density at radius 3 is 2.79 bits per heavy atom. The Morgan fingerprint density at radius 2 is 2.08 bits per heavy atom. The van der Waals surface area contributed by atoms with Gasteiger partial charge in [-0.2, -0.15) is 16.9 Å².